The first-order valence-corrected chi connectivity index (χ1v) is 7.27. The Balaban J connectivity index is 2.90. The van der Waals surface area contributed by atoms with E-state index in [9.17, 15) is 9.90 Å². The van der Waals surface area contributed by atoms with Crippen LogP contribution >= 0.6 is 0 Å². The third-order valence-corrected chi connectivity index (χ3v) is 3.33. The van der Waals surface area contributed by atoms with Crippen molar-refractivity contribution in [3.05, 3.63) is 35.9 Å². The molecule has 0 bridgehead atoms. The summed E-state index contributed by atoms with van der Waals surface area (Å²) < 4.78 is 5.54. The Hall–Kier alpha value is -1.35. The van der Waals surface area contributed by atoms with Crippen molar-refractivity contribution in [3.8, 4) is 0 Å². The molecule has 0 spiro atoms. The van der Waals surface area contributed by atoms with Crippen LogP contribution < -0.4 is 0 Å². The standard InChI is InChI=1S/C17H26O3/c1-5-9-14(13-10-7-6-8-11-13)15(12-18)20-16(19)17(2,3)4/h6-8,10-11,14-15,18H,5,9,12H2,1-4H3/t14-,15-/m1/s1. The van der Waals surface area contributed by atoms with E-state index < -0.39 is 11.5 Å². The molecule has 0 fully saturated rings. The van der Waals surface area contributed by atoms with Gasteiger partial charge in [-0.3, -0.25) is 4.79 Å². The number of carbonyl (C=O) groups is 1. The molecule has 0 aliphatic rings. The second-order valence-electron chi connectivity index (χ2n) is 6.18. The average Bonchev–Trinajstić information content (AvgIpc) is 2.42. The number of carbonyl (C=O) groups excluding carboxylic acids is 1. The number of benzene rings is 1. The Morgan fingerprint density at radius 3 is 2.30 bits per heavy atom. The molecule has 0 unspecified atom stereocenters. The zero-order valence-corrected chi connectivity index (χ0v) is 12.9. The van der Waals surface area contributed by atoms with Crippen LogP contribution in [0.5, 0.6) is 0 Å². The monoisotopic (exact) mass is 278 g/mol. The highest BCUT2D eigenvalue weighted by Crippen LogP contribution is 2.28. The first kappa shape index (κ1) is 16.7. The molecule has 0 aromatic heterocycles. The summed E-state index contributed by atoms with van der Waals surface area (Å²) in [7, 11) is 0. The summed E-state index contributed by atoms with van der Waals surface area (Å²) in [4.78, 5) is 12.0. The summed E-state index contributed by atoms with van der Waals surface area (Å²) in [6.07, 6.45) is 1.37. The van der Waals surface area contributed by atoms with E-state index in [1.54, 1.807) is 0 Å². The van der Waals surface area contributed by atoms with Crippen molar-refractivity contribution in [2.24, 2.45) is 5.41 Å². The maximum Gasteiger partial charge on any atom is 0.311 e. The fraction of sp³-hybridized carbons (Fsp3) is 0.588. The van der Waals surface area contributed by atoms with Gasteiger partial charge in [0.25, 0.3) is 0 Å². The van der Waals surface area contributed by atoms with Crippen molar-refractivity contribution in [2.45, 2.75) is 52.6 Å². The van der Waals surface area contributed by atoms with Crippen LogP contribution in [0.1, 0.15) is 52.0 Å². The van der Waals surface area contributed by atoms with E-state index in [1.165, 1.54) is 0 Å². The molecule has 1 aromatic carbocycles. The Morgan fingerprint density at radius 2 is 1.85 bits per heavy atom. The Kier molecular flexibility index (Phi) is 6.21. The fourth-order valence-corrected chi connectivity index (χ4v) is 2.14. The molecule has 2 atom stereocenters. The Bertz CT molecular complexity index is 406. The van der Waals surface area contributed by atoms with Gasteiger partial charge in [0, 0.05) is 5.92 Å². The second kappa shape index (κ2) is 7.44. The molecular weight excluding hydrogens is 252 g/mol. The van der Waals surface area contributed by atoms with Crippen LogP contribution in [-0.4, -0.2) is 23.8 Å². The van der Waals surface area contributed by atoms with Gasteiger partial charge >= 0.3 is 5.97 Å². The molecule has 3 heteroatoms. The highest BCUT2D eigenvalue weighted by atomic mass is 16.6. The van der Waals surface area contributed by atoms with Gasteiger partial charge in [0.05, 0.1) is 12.0 Å². The van der Waals surface area contributed by atoms with Crippen molar-refractivity contribution >= 4 is 5.97 Å². The summed E-state index contributed by atoms with van der Waals surface area (Å²) >= 11 is 0. The third kappa shape index (κ3) is 4.64. The van der Waals surface area contributed by atoms with Crippen molar-refractivity contribution < 1.29 is 14.6 Å². The van der Waals surface area contributed by atoms with E-state index in [0.717, 1.165) is 18.4 Å². The van der Waals surface area contributed by atoms with Gasteiger partial charge < -0.3 is 9.84 Å². The lowest BCUT2D eigenvalue weighted by Crippen LogP contribution is -2.34. The van der Waals surface area contributed by atoms with Gasteiger partial charge in [-0.2, -0.15) is 0 Å². The number of ether oxygens (including phenoxy) is 1. The van der Waals surface area contributed by atoms with Crippen LogP contribution in [0.3, 0.4) is 0 Å². The lowest BCUT2D eigenvalue weighted by Gasteiger charge is -2.28. The highest BCUT2D eigenvalue weighted by molar-refractivity contribution is 5.75. The zero-order chi connectivity index (χ0) is 15.2. The number of rotatable bonds is 6. The summed E-state index contributed by atoms with van der Waals surface area (Å²) in [6.45, 7) is 7.40. The minimum Gasteiger partial charge on any atom is -0.459 e. The number of aliphatic hydroxyl groups is 1. The van der Waals surface area contributed by atoms with Crippen LogP contribution in [0.25, 0.3) is 0 Å². The van der Waals surface area contributed by atoms with E-state index in [-0.39, 0.29) is 18.5 Å². The van der Waals surface area contributed by atoms with Crippen molar-refractivity contribution in [1.82, 2.24) is 0 Å². The van der Waals surface area contributed by atoms with Crippen LogP contribution in [-0.2, 0) is 9.53 Å². The molecule has 20 heavy (non-hydrogen) atoms. The van der Waals surface area contributed by atoms with Gasteiger partial charge in [0.2, 0.25) is 0 Å². The van der Waals surface area contributed by atoms with E-state index >= 15 is 0 Å². The van der Waals surface area contributed by atoms with Crippen molar-refractivity contribution in [3.63, 3.8) is 0 Å². The average molecular weight is 278 g/mol. The number of hydrogen-bond acceptors (Lipinski definition) is 3. The highest BCUT2D eigenvalue weighted by Gasteiger charge is 2.30. The second-order valence-corrected chi connectivity index (χ2v) is 6.18. The van der Waals surface area contributed by atoms with Gasteiger partial charge in [-0.05, 0) is 32.8 Å². The van der Waals surface area contributed by atoms with E-state index in [2.05, 4.69) is 6.92 Å². The van der Waals surface area contributed by atoms with E-state index in [1.807, 2.05) is 51.1 Å². The van der Waals surface area contributed by atoms with Gasteiger partial charge in [0.15, 0.2) is 0 Å². The lowest BCUT2D eigenvalue weighted by atomic mass is 9.89. The van der Waals surface area contributed by atoms with E-state index in [0.29, 0.717) is 0 Å². The Labute approximate surface area is 122 Å². The molecular formula is C17H26O3. The summed E-state index contributed by atoms with van der Waals surface area (Å²) in [5, 5.41) is 9.62. The third-order valence-electron chi connectivity index (χ3n) is 3.33. The first-order valence-electron chi connectivity index (χ1n) is 7.27. The molecule has 1 N–H and O–H groups in total. The van der Waals surface area contributed by atoms with Crippen molar-refractivity contribution in [2.75, 3.05) is 6.61 Å². The molecule has 112 valence electrons. The number of aliphatic hydroxyl groups excluding tert-OH is 1. The fourth-order valence-electron chi connectivity index (χ4n) is 2.14. The van der Waals surface area contributed by atoms with Crippen LogP contribution in [0, 0.1) is 5.41 Å². The van der Waals surface area contributed by atoms with Crippen LogP contribution in [0.2, 0.25) is 0 Å². The lowest BCUT2D eigenvalue weighted by molar-refractivity contribution is -0.162. The molecule has 0 saturated heterocycles. The molecule has 0 aliphatic heterocycles. The molecule has 0 saturated carbocycles. The van der Waals surface area contributed by atoms with Gasteiger partial charge in [-0.25, -0.2) is 0 Å². The summed E-state index contributed by atoms with van der Waals surface area (Å²) in [5.41, 5.74) is 0.552. The predicted molar refractivity (Wildman–Crippen MR) is 80.5 cm³/mol. The molecule has 0 amide bonds. The topological polar surface area (TPSA) is 46.5 Å². The van der Waals surface area contributed by atoms with Crippen LogP contribution in [0.15, 0.2) is 30.3 Å². The molecule has 3 nitrogen and oxygen atoms in total. The molecule has 0 heterocycles. The predicted octanol–water partition coefficient (Wildman–Crippen LogP) is 3.52. The minimum atomic E-state index is -0.555. The minimum absolute atomic E-state index is 0.0394. The zero-order valence-electron chi connectivity index (χ0n) is 12.9. The maximum atomic E-state index is 12.0. The molecule has 1 rings (SSSR count). The van der Waals surface area contributed by atoms with Crippen LogP contribution in [0.4, 0.5) is 0 Å². The SMILES string of the molecule is CCC[C@H](c1ccccc1)[C@@H](CO)OC(=O)C(C)(C)C. The smallest absolute Gasteiger partial charge is 0.311 e. The van der Waals surface area contributed by atoms with Gasteiger partial charge in [-0.1, -0.05) is 43.7 Å². The number of hydrogen-bond donors (Lipinski definition) is 1. The number of esters is 1. The van der Waals surface area contributed by atoms with Gasteiger partial charge in [0.1, 0.15) is 6.10 Å². The maximum absolute atomic E-state index is 12.0. The van der Waals surface area contributed by atoms with E-state index in [4.69, 9.17) is 4.74 Å². The van der Waals surface area contributed by atoms with Gasteiger partial charge in [-0.15, -0.1) is 0 Å². The first-order chi connectivity index (χ1) is 9.40. The quantitative estimate of drug-likeness (QED) is 0.810. The Morgan fingerprint density at radius 1 is 1.25 bits per heavy atom. The molecule has 0 radical (unpaired) electrons. The summed E-state index contributed by atoms with van der Waals surface area (Å²) in [5.74, 6) is -0.230. The van der Waals surface area contributed by atoms with Crippen molar-refractivity contribution in [1.29, 1.82) is 0 Å². The molecule has 0 aliphatic carbocycles. The molecule has 1 aromatic rings. The largest absolute Gasteiger partial charge is 0.459 e. The normalized spacial score (nSPS) is 14.7. The summed E-state index contributed by atoms with van der Waals surface area (Å²) in [6, 6.07) is 9.94.